The largest absolute Gasteiger partial charge is 0.491 e. The maximum Gasteiger partial charge on any atom is 0.254 e. The van der Waals surface area contributed by atoms with Crippen LogP contribution in [0.3, 0.4) is 0 Å². The number of benzene rings is 2. The van der Waals surface area contributed by atoms with E-state index in [1.165, 1.54) is 4.88 Å². The van der Waals surface area contributed by atoms with Crippen LogP contribution in [0.15, 0.2) is 66.0 Å². The summed E-state index contributed by atoms with van der Waals surface area (Å²) in [7, 11) is 0. The number of ether oxygens (including phenoxy) is 1. The summed E-state index contributed by atoms with van der Waals surface area (Å²) < 4.78 is 6.08. The fraction of sp³-hybridized carbons (Fsp3) is 0.357. The molecule has 1 aliphatic heterocycles. The van der Waals surface area contributed by atoms with E-state index in [9.17, 15) is 9.59 Å². The number of amides is 2. The highest BCUT2D eigenvalue weighted by atomic mass is 35.5. The van der Waals surface area contributed by atoms with Gasteiger partial charge in [0.2, 0.25) is 5.91 Å². The lowest BCUT2D eigenvalue weighted by atomic mass is 10.00. The summed E-state index contributed by atoms with van der Waals surface area (Å²) in [5.41, 5.74) is 1.73. The van der Waals surface area contributed by atoms with Gasteiger partial charge in [0.25, 0.3) is 5.91 Å². The van der Waals surface area contributed by atoms with Crippen molar-refractivity contribution < 1.29 is 14.3 Å². The van der Waals surface area contributed by atoms with Crippen molar-refractivity contribution in [3.05, 3.63) is 87.1 Å². The van der Waals surface area contributed by atoms with E-state index >= 15 is 0 Å². The van der Waals surface area contributed by atoms with E-state index in [1.54, 1.807) is 40.5 Å². The molecule has 184 valence electrons. The van der Waals surface area contributed by atoms with Crippen LogP contribution in [0.5, 0.6) is 5.75 Å². The van der Waals surface area contributed by atoms with Crippen molar-refractivity contribution in [1.29, 1.82) is 0 Å². The molecule has 2 heterocycles. The summed E-state index contributed by atoms with van der Waals surface area (Å²) in [6, 6.07) is 18.3. The first-order valence-corrected chi connectivity index (χ1v) is 13.3. The van der Waals surface area contributed by atoms with Crippen molar-refractivity contribution in [3.63, 3.8) is 0 Å². The number of nitrogens with zero attached hydrogens (tertiary/aromatic N) is 2. The topological polar surface area (TPSA) is 49.9 Å². The molecule has 0 saturated heterocycles. The van der Waals surface area contributed by atoms with Gasteiger partial charge < -0.3 is 14.5 Å². The number of halogens is 1. The number of fused-ring (bicyclic) bond motifs is 1. The first kappa shape index (κ1) is 25.3. The van der Waals surface area contributed by atoms with Crippen molar-refractivity contribution in [2.75, 3.05) is 26.2 Å². The highest BCUT2D eigenvalue weighted by molar-refractivity contribution is 7.10. The van der Waals surface area contributed by atoms with E-state index in [4.69, 9.17) is 16.3 Å². The summed E-state index contributed by atoms with van der Waals surface area (Å²) in [6.07, 6.45) is 1.75. The first-order valence-electron chi connectivity index (χ1n) is 12.0. The minimum Gasteiger partial charge on any atom is -0.491 e. The fourth-order valence-corrected chi connectivity index (χ4v) is 5.38. The van der Waals surface area contributed by atoms with Crippen molar-refractivity contribution in [1.82, 2.24) is 9.80 Å². The number of hydrogen-bond acceptors (Lipinski definition) is 4. The molecule has 3 aromatic rings. The van der Waals surface area contributed by atoms with Crippen LogP contribution in [0.25, 0.3) is 0 Å². The second-order valence-corrected chi connectivity index (χ2v) is 10.4. The van der Waals surface area contributed by atoms with Crippen LogP contribution >= 0.6 is 22.9 Å². The Kier molecular flexibility index (Phi) is 8.47. The van der Waals surface area contributed by atoms with Gasteiger partial charge in [0.15, 0.2) is 0 Å². The maximum absolute atomic E-state index is 13.7. The van der Waals surface area contributed by atoms with Crippen molar-refractivity contribution >= 4 is 34.8 Å². The minimum absolute atomic E-state index is 0.0506. The molecule has 5 nitrogen and oxygen atoms in total. The van der Waals surface area contributed by atoms with Crippen LogP contribution in [0.2, 0.25) is 5.02 Å². The van der Waals surface area contributed by atoms with Gasteiger partial charge >= 0.3 is 0 Å². The Morgan fingerprint density at radius 3 is 2.60 bits per heavy atom. The van der Waals surface area contributed by atoms with Gasteiger partial charge in [0, 0.05) is 28.6 Å². The van der Waals surface area contributed by atoms with Crippen LogP contribution in [0, 0.1) is 5.92 Å². The molecule has 1 aliphatic rings. The van der Waals surface area contributed by atoms with Crippen LogP contribution < -0.4 is 4.74 Å². The molecular formula is C28H31ClN2O3S. The quantitative estimate of drug-likeness (QED) is 0.350. The third-order valence-corrected chi connectivity index (χ3v) is 7.75. The fourth-order valence-electron chi connectivity index (χ4n) is 4.32. The molecule has 0 aliphatic carbocycles. The predicted molar refractivity (Wildman–Crippen MR) is 141 cm³/mol. The average molecular weight is 511 g/mol. The Morgan fingerprint density at radius 2 is 1.89 bits per heavy atom. The molecule has 2 amide bonds. The van der Waals surface area contributed by atoms with Crippen molar-refractivity contribution in [3.8, 4) is 5.75 Å². The Balaban J connectivity index is 1.53. The molecule has 0 saturated carbocycles. The molecule has 1 aromatic heterocycles. The van der Waals surface area contributed by atoms with E-state index in [0.29, 0.717) is 41.9 Å². The standard InChI is InChI=1S/C28H31ClN2O3S/c1-3-20(2)17-30(28(33)21-7-5-4-6-8-21)18-27(32)31-15-13-26-24(14-16-35-26)25(31)19-34-23-11-9-22(29)10-12-23/h4-12,14,16,20,25H,3,13,15,17-19H2,1-2H3/t20-,25+/m0/s1. The van der Waals surface area contributed by atoms with Crippen LogP contribution in [0.1, 0.15) is 47.1 Å². The molecule has 2 atom stereocenters. The molecule has 4 rings (SSSR count). The zero-order valence-electron chi connectivity index (χ0n) is 20.2. The average Bonchev–Trinajstić information content (AvgIpc) is 3.37. The van der Waals surface area contributed by atoms with E-state index in [2.05, 4.69) is 25.3 Å². The highest BCUT2D eigenvalue weighted by Crippen LogP contribution is 2.34. The molecule has 2 aromatic carbocycles. The summed E-state index contributed by atoms with van der Waals surface area (Å²) >= 11 is 7.72. The minimum atomic E-state index is -0.203. The Labute approximate surface area is 216 Å². The lowest BCUT2D eigenvalue weighted by Crippen LogP contribution is -2.48. The molecule has 7 heteroatoms. The smallest absolute Gasteiger partial charge is 0.254 e. The zero-order valence-corrected chi connectivity index (χ0v) is 21.7. The molecule has 0 spiro atoms. The lowest BCUT2D eigenvalue weighted by Gasteiger charge is -2.37. The van der Waals surface area contributed by atoms with E-state index in [-0.39, 0.29) is 24.4 Å². The van der Waals surface area contributed by atoms with Gasteiger partial charge in [-0.3, -0.25) is 9.59 Å². The Hall–Kier alpha value is -2.83. The highest BCUT2D eigenvalue weighted by Gasteiger charge is 2.34. The molecule has 0 radical (unpaired) electrons. The molecule has 0 fully saturated rings. The maximum atomic E-state index is 13.7. The SMILES string of the molecule is CC[C@H](C)CN(CC(=O)N1CCc2sccc2[C@H]1COc1ccc(Cl)cc1)C(=O)c1ccccc1. The van der Waals surface area contributed by atoms with Gasteiger partial charge in [0.1, 0.15) is 18.9 Å². The van der Waals surface area contributed by atoms with Crippen LogP contribution in [0.4, 0.5) is 0 Å². The second kappa shape index (κ2) is 11.7. The predicted octanol–water partition coefficient (Wildman–Crippen LogP) is 6.09. The summed E-state index contributed by atoms with van der Waals surface area (Å²) in [5.74, 6) is 0.840. The number of rotatable bonds is 9. The summed E-state index contributed by atoms with van der Waals surface area (Å²) in [5, 5.41) is 2.72. The second-order valence-electron chi connectivity index (χ2n) is 8.98. The summed E-state index contributed by atoms with van der Waals surface area (Å²) in [6.45, 7) is 5.75. The number of thiophene rings is 1. The van der Waals surface area contributed by atoms with Crippen molar-refractivity contribution in [2.24, 2.45) is 5.92 Å². The first-order chi connectivity index (χ1) is 17.0. The molecule has 0 bridgehead atoms. The van der Waals surface area contributed by atoms with Gasteiger partial charge in [-0.05, 0) is 65.7 Å². The van der Waals surface area contributed by atoms with E-state index in [0.717, 1.165) is 18.4 Å². The number of carbonyl (C=O) groups excluding carboxylic acids is 2. The van der Waals surface area contributed by atoms with Gasteiger partial charge in [-0.15, -0.1) is 11.3 Å². The van der Waals surface area contributed by atoms with Gasteiger partial charge in [0.05, 0.1) is 6.04 Å². The third kappa shape index (κ3) is 6.24. The number of hydrogen-bond donors (Lipinski definition) is 0. The van der Waals surface area contributed by atoms with E-state index < -0.39 is 0 Å². The van der Waals surface area contributed by atoms with Crippen LogP contribution in [-0.4, -0.2) is 47.9 Å². The van der Waals surface area contributed by atoms with Gasteiger partial charge in [-0.1, -0.05) is 50.1 Å². The molecule has 0 unspecified atom stereocenters. The third-order valence-electron chi connectivity index (χ3n) is 6.50. The van der Waals surface area contributed by atoms with Gasteiger partial charge in [-0.2, -0.15) is 0 Å². The molecule has 0 N–H and O–H groups in total. The summed E-state index contributed by atoms with van der Waals surface area (Å²) in [4.78, 5) is 31.9. The van der Waals surface area contributed by atoms with Gasteiger partial charge in [-0.25, -0.2) is 0 Å². The number of carbonyl (C=O) groups is 2. The normalized spacial score (nSPS) is 15.9. The Bertz CT molecular complexity index is 1130. The van der Waals surface area contributed by atoms with Crippen molar-refractivity contribution in [2.45, 2.75) is 32.7 Å². The lowest BCUT2D eigenvalue weighted by molar-refractivity contribution is -0.135. The van der Waals surface area contributed by atoms with Crippen LogP contribution in [-0.2, 0) is 11.2 Å². The molecule has 35 heavy (non-hydrogen) atoms. The zero-order chi connectivity index (χ0) is 24.8. The monoisotopic (exact) mass is 510 g/mol. The Morgan fingerprint density at radius 1 is 1.14 bits per heavy atom. The van der Waals surface area contributed by atoms with E-state index in [1.807, 2.05) is 35.2 Å². The molecular weight excluding hydrogens is 480 g/mol.